The Morgan fingerprint density at radius 3 is 2.40 bits per heavy atom. The molecule has 0 atom stereocenters. The smallest absolute Gasteiger partial charge is 0.171 e. The van der Waals surface area contributed by atoms with Gasteiger partial charge in [0.25, 0.3) is 0 Å². The van der Waals surface area contributed by atoms with Crippen molar-refractivity contribution < 1.29 is 4.74 Å². The molecule has 0 aliphatic carbocycles. The van der Waals surface area contributed by atoms with Crippen LogP contribution in [0.15, 0.2) is 48.5 Å². The highest BCUT2D eigenvalue weighted by Crippen LogP contribution is 2.17. The van der Waals surface area contributed by atoms with Crippen LogP contribution in [0.2, 0.25) is 0 Å². The van der Waals surface area contributed by atoms with Gasteiger partial charge in [-0.15, -0.1) is 0 Å². The molecule has 0 saturated carbocycles. The highest BCUT2D eigenvalue weighted by atomic mass is 32.1. The maximum atomic E-state index is 5.42. The zero-order valence-corrected chi connectivity index (χ0v) is 15.4. The molecule has 0 aromatic heterocycles. The van der Waals surface area contributed by atoms with Gasteiger partial charge in [-0.3, -0.25) is 4.90 Å². The van der Waals surface area contributed by atoms with Gasteiger partial charge in [0, 0.05) is 18.8 Å². The van der Waals surface area contributed by atoms with Crippen molar-refractivity contribution in [3.8, 4) is 5.75 Å². The van der Waals surface area contributed by atoms with Crippen LogP contribution in [0.1, 0.15) is 24.0 Å². The fraction of sp³-hybridized carbons (Fsp3) is 0.350. The number of anilines is 1. The fourth-order valence-corrected chi connectivity index (χ4v) is 3.28. The molecular formula is C20H25N3OS. The summed E-state index contributed by atoms with van der Waals surface area (Å²) >= 11 is 5.42. The number of ether oxygens (including phenoxy) is 1. The molecule has 0 bridgehead atoms. The SMILES string of the molecule is COc1ccc(NC(=S)NCc2ccccc2CN2CCCC2)cc1. The molecule has 1 saturated heterocycles. The van der Waals surface area contributed by atoms with E-state index in [9.17, 15) is 0 Å². The second kappa shape index (κ2) is 8.83. The lowest BCUT2D eigenvalue weighted by Gasteiger charge is -2.18. The molecule has 3 rings (SSSR count). The van der Waals surface area contributed by atoms with Crippen LogP contribution in [0, 0.1) is 0 Å². The van der Waals surface area contributed by atoms with Crippen molar-refractivity contribution in [2.75, 3.05) is 25.5 Å². The van der Waals surface area contributed by atoms with E-state index in [-0.39, 0.29) is 0 Å². The summed E-state index contributed by atoms with van der Waals surface area (Å²) in [4.78, 5) is 2.52. The molecule has 0 spiro atoms. The minimum absolute atomic E-state index is 0.626. The summed E-state index contributed by atoms with van der Waals surface area (Å²) in [5, 5.41) is 7.15. The monoisotopic (exact) mass is 355 g/mol. The Morgan fingerprint density at radius 1 is 1.04 bits per heavy atom. The molecule has 0 radical (unpaired) electrons. The second-order valence-corrected chi connectivity index (χ2v) is 6.70. The minimum Gasteiger partial charge on any atom is -0.497 e. The van der Waals surface area contributed by atoms with E-state index in [1.807, 2.05) is 24.3 Å². The van der Waals surface area contributed by atoms with Gasteiger partial charge in [-0.25, -0.2) is 0 Å². The van der Waals surface area contributed by atoms with Crippen molar-refractivity contribution in [1.82, 2.24) is 10.2 Å². The second-order valence-electron chi connectivity index (χ2n) is 6.29. The number of hydrogen-bond donors (Lipinski definition) is 2. The van der Waals surface area contributed by atoms with E-state index in [0.717, 1.165) is 24.5 Å². The molecule has 0 unspecified atom stereocenters. The Morgan fingerprint density at radius 2 is 1.72 bits per heavy atom. The molecule has 2 aromatic rings. The Kier molecular flexibility index (Phi) is 6.25. The van der Waals surface area contributed by atoms with Gasteiger partial charge in [0.05, 0.1) is 7.11 Å². The molecule has 2 aromatic carbocycles. The van der Waals surface area contributed by atoms with Crippen LogP contribution >= 0.6 is 12.2 Å². The van der Waals surface area contributed by atoms with Crippen molar-refractivity contribution >= 4 is 23.0 Å². The van der Waals surface area contributed by atoms with Gasteiger partial charge in [-0.2, -0.15) is 0 Å². The van der Waals surface area contributed by atoms with Crippen molar-refractivity contribution in [3.05, 3.63) is 59.7 Å². The number of likely N-dealkylation sites (tertiary alicyclic amines) is 1. The molecule has 132 valence electrons. The summed E-state index contributed by atoms with van der Waals surface area (Å²) in [7, 11) is 1.66. The molecule has 25 heavy (non-hydrogen) atoms. The topological polar surface area (TPSA) is 36.5 Å². The number of methoxy groups -OCH3 is 1. The van der Waals surface area contributed by atoms with Crippen LogP contribution in [-0.4, -0.2) is 30.2 Å². The van der Waals surface area contributed by atoms with Crippen molar-refractivity contribution in [2.24, 2.45) is 0 Å². The van der Waals surface area contributed by atoms with Gasteiger partial charge in [-0.05, 0) is 73.5 Å². The van der Waals surface area contributed by atoms with E-state index < -0.39 is 0 Å². The van der Waals surface area contributed by atoms with E-state index in [1.165, 1.54) is 37.1 Å². The molecule has 2 N–H and O–H groups in total. The van der Waals surface area contributed by atoms with Gasteiger partial charge in [0.1, 0.15) is 5.75 Å². The number of hydrogen-bond acceptors (Lipinski definition) is 3. The first-order valence-electron chi connectivity index (χ1n) is 8.72. The van der Waals surface area contributed by atoms with E-state index in [4.69, 9.17) is 17.0 Å². The number of nitrogens with zero attached hydrogens (tertiary/aromatic N) is 1. The lowest BCUT2D eigenvalue weighted by molar-refractivity contribution is 0.330. The molecule has 1 aliphatic rings. The Bertz CT molecular complexity index is 696. The van der Waals surface area contributed by atoms with E-state index in [0.29, 0.717) is 5.11 Å². The third-order valence-electron chi connectivity index (χ3n) is 4.50. The molecule has 1 heterocycles. The summed E-state index contributed by atoms with van der Waals surface area (Å²) < 4.78 is 5.17. The zero-order valence-electron chi connectivity index (χ0n) is 14.6. The maximum Gasteiger partial charge on any atom is 0.171 e. The van der Waals surface area contributed by atoms with Crippen LogP contribution in [0.4, 0.5) is 5.69 Å². The first-order chi connectivity index (χ1) is 12.2. The standard InChI is InChI=1S/C20H25N3OS/c1-24-19-10-8-18(9-11-19)22-20(25)21-14-16-6-2-3-7-17(16)15-23-12-4-5-13-23/h2-3,6-11H,4-5,12-15H2,1H3,(H2,21,22,25). The predicted octanol–water partition coefficient (Wildman–Crippen LogP) is 3.78. The minimum atomic E-state index is 0.626. The normalized spacial score (nSPS) is 14.3. The molecular weight excluding hydrogens is 330 g/mol. The third-order valence-corrected chi connectivity index (χ3v) is 4.74. The maximum absolute atomic E-state index is 5.42. The van der Waals surface area contributed by atoms with E-state index in [1.54, 1.807) is 7.11 Å². The van der Waals surface area contributed by atoms with Crippen LogP contribution in [0.5, 0.6) is 5.75 Å². The summed E-state index contributed by atoms with van der Waals surface area (Å²) in [6.07, 6.45) is 2.63. The zero-order chi connectivity index (χ0) is 17.5. The number of thiocarbonyl (C=S) groups is 1. The summed E-state index contributed by atoms with van der Waals surface area (Å²) in [6, 6.07) is 16.3. The fourth-order valence-electron chi connectivity index (χ4n) is 3.09. The van der Waals surface area contributed by atoms with Crippen molar-refractivity contribution in [2.45, 2.75) is 25.9 Å². The van der Waals surface area contributed by atoms with Gasteiger partial charge in [0.2, 0.25) is 0 Å². The van der Waals surface area contributed by atoms with Gasteiger partial charge in [0.15, 0.2) is 5.11 Å². The van der Waals surface area contributed by atoms with Crippen LogP contribution in [-0.2, 0) is 13.1 Å². The quantitative estimate of drug-likeness (QED) is 0.771. The van der Waals surface area contributed by atoms with E-state index in [2.05, 4.69) is 39.8 Å². The molecule has 1 aliphatic heterocycles. The number of rotatable bonds is 6. The summed E-state index contributed by atoms with van der Waals surface area (Å²) in [6.45, 7) is 4.17. The van der Waals surface area contributed by atoms with Gasteiger partial charge in [-0.1, -0.05) is 24.3 Å². The summed E-state index contributed by atoms with van der Waals surface area (Å²) in [5.41, 5.74) is 3.63. The predicted molar refractivity (Wildman–Crippen MR) is 107 cm³/mol. The lowest BCUT2D eigenvalue weighted by atomic mass is 10.1. The highest BCUT2D eigenvalue weighted by Gasteiger charge is 2.13. The Balaban J connectivity index is 1.54. The molecule has 4 nitrogen and oxygen atoms in total. The van der Waals surface area contributed by atoms with Crippen LogP contribution in [0.3, 0.4) is 0 Å². The first kappa shape index (κ1) is 17.7. The number of nitrogens with one attached hydrogen (secondary N) is 2. The molecule has 5 heteroatoms. The van der Waals surface area contributed by atoms with Crippen molar-refractivity contribution in [1.29, 1.82) is 0 Å². The summed E-state index contributed by atoms with van der Waals surface area (Å²) in [5.74, 6) is 0.834. The third kappa shape index (κ3) is 5.18. The average Bonchev–Trinajstić information content (AvgIpc) is 3.15. The molecule has 1 fully saturated rings. The molecule has 0 amide bonds. The van der Waals surface area contributed by atoms with Crippen LogP contribution in [0.25, 0.3) is 0 Å². The Labute approximate surface area is 155 Å². The lowest BCUT2D eigenvalue weighted by Crippen LogP contribution is -2.28. The Hall–Kier alpha value is -2.11. The highest BCUT2D eigenvalue weighted by molar-refractivity contribution is 7.80. The van der Waals surface area contributed by atoms with Crippen molar-refractivity contribution in [3.63, 3.8) is 0 Å². The van der Waals surface area contributed by atoms with Gasteiger partial charge < -0.3 is 15.4 Å². The average molecular weight is 356 g/mol. The number of benzene rings is 2. The largest absolute Gasteiger partial charge is 0.497 e. The van der Waals surface area contributed by atoms with E-state index >= 15 is 0 Å². The first-order valence-corrected chi connectivity index (χ1v) is 9.13. The van der Waals surface area contributed by atoms with Gasteiger partial charge >= 0.3 is 0 Å². The van der Waals surface area contributed by atoms with Crippen LogP contribution < -0.4 is 15.4 Å².